The molecule has 2 aromatic rings. The average Bonchev–Trinajstić information content (AvgIpc) is 3.18. The van der Waals surface area contributed by atoms with Gasteiger partial charge in [-0.15, -0.1) is 0 Å². The Kier molecular flexibility index (Phi) is 3.49. The van der Waals surface area contributed by atoms with Crippen LogP contribution in [-0.2, 0) is 11.2 Å². The molecule has 0 unspecified atom stereocenters. The summed E-state index contributed by atoms with van der Waals surface area (Å²) in [6, 6.07) is 7.64. The van der Waals surface area contributed by atoms with Crippen LogP contribution >= 0.6 is 0 Å². The first-order valence-corrected chi connectivity index (χ1v) is 7.20. The number of likely N-dealkylation sites (N-methyl/N-ethyl adjacent to an activating group) is 1. The Hall–Kier alpha value is -1.81. The van der Waals surface area contributed by atoms with Crippen molar-refractivity contribution in [1.29, 1.82) is 0 Å². The van der Waals surface area contributed by atoms with E-state index in [9.17, 15) is 4.79 Å². The summed E-state index contributed by atoms with van der Waals surface area (Å²) in [6.07, 6.45) is 5.03. The lowest BCUT2D eigenvalue weighted by Crippen LogP contribution is -2.43. The number of hydrogen-bond donors (Lipinski definition) is 2. The van der Waals surface area contributed by atoms with Crippen molar-refractivity contribution < 1.29 is 4.79 Å². The lowest BCUT2D eigenvalue weighted by atomic mass is 10.0. The number of H-pyrrole nitrogens is 1. The Balaban J connectivity index is 1.68. The summed E-state index contributed by atoms with van der Waals surface area (Å²) in [6.45, 7) is 0.848. The molecule has 3 rings (SSSR count). The second-order valence-electron chi connectivity index (χ2n) is 5.83. The van der Waals surface area contributed by atoms with E-state index in [-0.39, 0.29) is 5.91 Å². The largest absolute Gasteiger partial charge is 0.361 e. The summed E-state index contributed by atoms with van der Waals surface area (Å²) in [4.78, 5) is 17.3. The van der Waals surface area contributed by atoms with Crippen LogP contribution in [0.1, 0.15) is 18.4 Å². The standard InChI is InChI=1S/C16H21N3O/c1-19(10-11-6-7-11)16(20)14(17)8-12-9-18-15-5-3-2-4-13(12)15/h2-5,9,11,14,18H,6-8,10,17H2,1H3/t14-/m1/s1. The molecular formula is C16H21N3O. The number of nitrogens with two attached hydrogens (primary N) is 1. The number of amides is 1. The molecule has 1 aromatic heterocycles. The number of fused-ring (bicyclic) bond motifs is 1. The van der Waals surface area contributed by atoms with Crippen molar-refractivity contribution in [1.82, 2.24) is 9.88 Å². The van der Waals surface area contributed by atoms with Crippen molar-refractivity contribution in [2.45, 2.75) is 25.3 Å². The zero-order chi connectivity index (χ0) is 14.1. The van der Waals surface area contributed by atoms with Gasteiger partial charge in [-0.2, -0.15) is 0 Å². The van der Waals surface area contributed by atoms with Gasteiger partial charge in [0.1, 0.15) is 0 Å². The molecule has 0 radical (unpaired) electrons. The zero-order valence-electron chi connectivity index (χ0n) is 11.8. The Labute approximate surface area is 118 Å². The molecule has 1 aliphatic carbocycles. The van der Waals surface area contributed by atoms with Crippen LogP contribution in [0.15, 0.2) is 30.5 Å². The Morgan fingerprint density at radius 1 is 1.45 bits per heavy atom. The SMILES string of the molecule is CN(CC1CC1)C(=O)[C@H](N)Cc1c[nH]c2ccccc12. The van der Waals surface area contributed by atoms with E-state index in [1.54, 1.807) is 4.90 Å². The van der Waals surface area contributed by atoms with Gasteiger partial charge in [0.2, 0.25) is 5.91 Å². The monoisotopic (exact) mass is 271 g/mol. The molecule has 106 valence electrons. The van der Waals surface area contributed by atoms with E-state index < -0.39 is 6.04 Å². The topological polar surface area (TPSA) is 62.1 Å². The van der Waals surface area contributed by atoms with E-state index in [2.05, 4.69) is 11.1 Å². The van der Waals surface area contributed by atoms with Gasteiger partial charge in [-0.3, -0.25) is 4.79 Å². The molecule has 0 aliphatic heterocycles. The number of aromatic amines is 1. The van der Waals surface area contributed by atoms with E-state index in [0.29, 0.717) is 12.3 Å². The molecule has 4 heteroatoms. The van der Waals surface area contributed by atoms with Crippen LogP contribution in [-0.4, -0.2) is 35.4 Å². The number of nitrogens with zero attached hydrogens (tertiary/aromatic N) is 1. The highest BCUT2D eigenvalue weighted by molar-refractivity contribution is 5.86. The highest BCUT2D eigenvalue weighted by Crippen LogP contribution is 2.29. The van der Waals surface area contributed by atoms with Crippen molar-refractivity contribution in [3.05, 3.63) is 36.0 Å². The smallest absolute Gasteiger partial charge is 0.239 e. The third-order valence-electron chi connectivity index (χ3n) is 4.04. The molecule has 20 heavy (non-hydrogen) atoms. The molecular weight excluding hydrogens is 250 g/mol. The van der Waals surface area contributed by atoms with Gasteiger partial charge in [0.05, 0.1) is 6.04 Å². The maximum Gasteiger partial charge on any atom is 0.239 e. The summed E-state index contributed by atoms with van der Waals surface area (Å²) in [7, 11) is 1.86. The fourth-order valence-electron chi connectivity index (χ4n) is 2.69. The molecule has 3 N–H and O–H groups in total. The van der Waals surface area contributed by atoms with Gasteiger partial charge < -0.3 is 15.6 Å². The predicted octanol–water partition coefficient (Wildman–Crippen LogP) is 1.91. The third-order valence-corrected chi connectivity index (χ3v) is 4.04. The Bertz CT molecular complexity index is 615. The number of aromatic nitrogens is 1. The van der Waals surface area contributed by atoms with Gasteiger partial charge in [-0.25, -0.2) is 0 Å². The number of rotatable bonds is 5. The van der Waals surface area contributed by atoms with E-state index in [1.165, 1.54) is 12.8 Å². The molecule has 1 atom stereocenters. The second kappa shape index (κ2) is 5.29. The molecule has 1 aromatic carbocycles. The maximum atomic E-state index is 12.3. The van der Waals surface area contributed by atoms with E-state index in [1.807, 2.05) is 31.4 Å². The van der Waals surface area contributed by atoms with Crippen molar-refractivity contribution in [2.75, 3.05) is 13.6 Å². The van der Waals surface area contributed by atoms with Crippen LogP contribution < -0.4 is 5.73 Å². The highest BCUT2D eigenvalue weighted by atomic mass is 16.2. The van der Waals surface area contributed by atoms with Gasteiger partial charge in [0.25, 0.3) is 0 Å². The minimum atomic E-state index is -0.460. The van der Waals surface area contributed by atoms with Crippen molar-refractivity contribution >= 4 is 16.8 Å². The van der Waals surface area contributed by atoms with Gasteiger partial charge in [-0.1, -0.05) is 18.2 Å². The summed E-state index contributed by atoms with van der Waals surface area (Å²) < 4.78 is 0. The molecule has 1 saturated carbocycles. The van der Waals surface area contributed by atoms with E-state index in [4.69, 9.17) is 5.73 Å². The summed E-state index contributed by atoms with van der Waals surface area (Å²) in [5.41, 5.74) is 8.29. The predicted molar refractivity (Wildman–Crippen MR) is 80.3 cm³/mol. The first-order valence-electron chi connectivity index (χ1n) is 7.20. The third kappa shape index (κ3) is 2.70. The first kappa shape index (κ1) is 13.2. The number of carbonyl (C=O) groups is 1. The molecule has 0 saturated heterocycles. The number of benzene rings is 1. The van der Waals surface area contributed by atoms with Crippen LogP contribution in [0.25, 0.3) is 10.9 Å². The molecule has 1 aliphatic rings. The summed E-state index contributed by atoms with van der Waals surface area (Å²) in [5, 5.41) is 1.15. The summed E-state index contributed by atoms with van der Waals surface area (Å²) >= 11 is 0. The van der Waals surface area contributed by atoms with Crippen LogP contribution in [0, 0.1) is 5.92 Å². The average molecular weight is 271 g/mol. The van der Waals surface area contributed by atoms with Crippen LogP contribution in [0.3, 0.4) is 0 Å². The quantitative estimate of drug-likeness (QED) is 0.872. The lowest BCUT2D eigenvalue weighted by Gasteiger charge is -2.21. The first-order chi connectivity index (χ1) is 9.65. The number of para-hydroxylation sites is 1. The molecule has 4 nitrogen and oxygen atoms in total. The van der Waals surface area contributed by atoms with Crippen LogP contribution in [0.4, 0.5) is 0 Å². The van der Waals surface area contributed by atoms with Gasteiger partial charge in [0, 0.05) is 30.7 Å². The molecule has 0 spiro atoms. The molecule has 1 amide bonds. The van der Waals surface area contributed by atoms with E-state index in [0.717, 1.165) is 23.0 Å². The van der Waals surface area contributed by atoms with Crippen molar-refractivity contribution in [3.63, 3.8) is 0 Å². The molecule has 1 heterocycles. The van der Waals surface area contributed by atoms with Crippen molar-refractivity contribution in [3.8, 4) is 0 Å². The fraction of sp³-hybridized carbons (Fsp3) is 0.438. The minimum absolute atomic E-state index is 0.0437. The normalized spacial score (nSPS) is 16.3. The van der Waals surface area contributed by atoms with Gasteiger partial charge in [-0.05, 0) is 36.8 Å². The summed E-state index contributed by atoms with van der Waals surface area (Å²) in [5.74, 6) is 0.742. The van der Waals surface area contributed by atoms with Gasteiger partial charge in [0.15, 0.2) is 0 Å². The lowest BCUT2D eigenvalue weighted by molar-refractivity contribution is -0.131. The molecule has 1 fully saturated rings. The van der Waals surface area contributed by atoms with Crippen LogP contribution in [0.5, 0.6) is 0 Å². The number of hydrogen-bond acceptors (Lipinski definition) is 2. The van der Waals surface area contributed by atoms with Crippen LogP contribution in [0.2, 0.25) is 0 Å². The minimum Gasteiger partial charge on any atom is -0.361 e. The highest BCUT2D eigenvalue weighted by Gasteiger charge is 2.27. The molecule has 0 bridgehead atoms. The van der Waals surface area contributed by atoms with Crippen molar-refractivity contribution in [2.24, 2.45) is 11.7 Å². The maximum absolute atomic E-state index is 12.3. The fourth-order valence-corrected chi connectivity index (χ4v) is 2.69. The second-order valence-corrected chi connectivity index (χ2v) is 5.83. The van der Waals surface area contributed by atoms with Gasteiger partial charge >= 0.3 is 0 Å². The number of carbonyl (C=O) groups excluding carboxylic acids is 1. The van der Waals surface area contributed by atoms with E-state index >= 15 is 0 Å². The number of nitrogens with one attached hydrogen (secondary N) is 1. The Morgan fingerprint density at radius 3 is 2.95 bits per heavy atom. The zero-order valence-corrected chi connectivity index (χ0v) is 11.8. The Morgan fingerprint density at radius 2 is 2.20 bits per heavy atom.